The van der Waals surface area contributed by atoms with Crippen molar-refractivity contribution in [3.05, 3.63) is 203 Å². The summed E-state index contributed by atoms with van der Waals surface area (Å²) in [5.74, 6) is 0. The number of fused-ring (bicyclic) bond motifs is 8. The fraction of sp³-hybridized carbons (Fsp3) is 0.0769. The number of hydrogen-bond acceptors (Lipinski definition) is 3. The number of anilines is 6. The van der Waals surface area contributed by atoms with Crippen LogP contribution in [0.5, 0.6) is 0 Å². The minimum Gasteiger partial charge on any atom is -0.310 e. The fourth-order valence-corrected chi connectivity index (χ4v) is 10.2. The number of para-hydroxylation sites is 4. The van der Waals surface area contributed by atoms with Crippen molar-refractivity contribution >= 4 is 68.8 Å². The zero-order valence-corrected chi connectivity index (χ0v) is 31.6. The van der Waals surface area contributed by atoms with Crippen LogP contribution in [0.3, 0.4) is 0 Å². The van der Waals surface area contributed by atoms with Crippen molar-refractivity contribution < 1.29 is 0 Å². The van der Waals surface area contributed by atoms with E-state index in [1.807, 2.05) is 11.8 Å². The minimum absolute atomic E-state index is 0.146. The SMILES string of the molecule is CC1(C)c2cc(/C=C/c3cccc4c(N5c6ccccc6Sc6ccccc65)cccc34)ccc2-c2ccc(N3c4ccccc4Cc4ccccc43)cc21. The second kappa shape index (κ2) is 12.4. The van der Waals surface area contributed by atoms with Crippen LogP contribution in [0, 0.1) is 0 Å². The maximum absolute atomic E-state index is 2.46. The zero-order chi connectivity index (χ0) is 36.7. The molecule has 0 saturated carbocycles. The Hall–Kier alpha value is -6.29. The van der Waals surface area contributed by atoms with Gasteiger partial charge in [-0.15, -0.1) is 0 Å². The van der Waals surface area contributed by atoms with Gasteiger partial charge in [-0.05, 0) is 104 Å². The Morgan fingerprint density at radius 3 is 1.75 bits per heavy atom. The van der Waals surface area contributed by atoms with Crippen molar-refractivity contribution in [3.63, 3.8) is 0 Å². The van der Waals surface area contributed by atoms with Gasteiger partial charge in [0, 0.05) is 44.1 Å². The van der Waals surface area contributed by atoms with Crippen molar-refractivity contribution in [3.8, 4) is 11.1 Å². The first-order valence-electron chi connectivity index (χ1n) is 19.1. The normalized spacial score (nSPS) is 14.6. The van der Waals surface area contributed by atoms with Gasteiger partial charge >= 0.3 is 0 Å². The van der Waals surface area contributed by atoms with Crippen molar-refractivity contribution in [2.24, 2.45) is 0 Å². The van der Waals surface area contributed by atoms with E-state index in [0.717, 1.165) is 6.42 Å². The topological polar surface area (TPSA) is 6.48 Å². The van der Waals surface area contributed by atoms with Gasteiger partial charge in [0.05, 0.1) is 17.1 Å². The highest BCUT2D eigenvalue weighted by atomic mass is 32.2. The van der Waals surface area contributed by atoms with Gasteiger partial charge in [-0.2, -0.15) is 0 Å². The van der Waals surface area contributed by atoms with Gasteiger partial charge in [0.25, 0.3) is 0 Å². The lowest BCUT2D eigenvalue weighted by Gasteiger charge is -2.34. The Kier molecular flexibility index (Phi) is 7.24. The molecule has 8 aromatic rings. The van der Waals surface area contributed by atoms with Crippen LogP contribution in [0.2, 0.25) is 0 Å². The van der Waals surface area contributed by atoms with Crippen LogP contribution in [0.1, 0.15) is 47.2 Å². The fourth-order valence-electron chi connectivity index (χ4n) is 9.16. The molecule has 0 saturated heterocycles. The molecule has 0 fully saturated rings. The van der Waals surface area contributed by atoms with E-state index in [1.54, 1.807) is 0 Å². The first-order chi connectivity index (χ1) is 27.0. The highest BCUT2D eigenvalue weighted by Crippen LogP contribution is 2.54. The monoisotopic (exact) mass is 722 g/mol. The standard InChI is InChI=1S/C52H38N2S/c1-52(2)43-31-34(26-29-40(43)41-30-28-38(33-44(41)52)53-45-18-5-3-13-36(45)32-37-14-4-6-19-46(37)53)25-27-35-15-11-17-42-39(35)16-12-22-47(42)54-48-20-7-9-23-50(48)55-51-24-10-8-21-49(51)54/h3-31,33H,32H2,1-2H3/b27-25+. The van der Waals surface area contributed by atoms with E-state index in [9.17, 15) is 0 Å². The second-order valence-corrected chi connectivity index (χ2v) is 16.4. The molecule has 0 bridgehead atoms. The number of benzene rings is 8. The summed E-state index contributed by atoms with van der Waals surface area (Å²) in [5.41, 5.74) is 17.8. The molecule has 2 nitrogen and oxygen atoms in total. The Bertz CT molecular complexity index is 2790. The first-order valence-corrected chi connectivity index (χ1v) is 20.0. The maximum atomic E-state index is 2.46. The van der Waals surface area contributed by atoms with Crippen molar-refractivity contribution in [2.45, 2.75) is 35.5 Å². The number of hydrogen-bond donors (Lipinski definition) is 0. The molecule has 0 radical (unpaired) electrons. The lowest BCUT2D eigenvalue weighted by atomic mass is 9.81. The van der Waals surface area contributed by atoms with Gasteiger partial charge in [0.1, 0.15) is 0 Å². The van der Waals surface area contributed by atoms with E-state index in [1.165, 1.54) is 99.2 Å². The molecule has 3 heteroatoms. The van der Waals surface area contributed by atoms with E-state index in [4.69, 9.17) is 0 Å². The van der Waals surface area contributed by atoms with Gasteiger partial charge in [0.15, 0.2) is 0 Å². The highest BCUT2D eigenvalue weighted by molar-refractivity contribution is 7.99. The predicted octanol–water partition coefficient (Wildman–Crippen LogP) is 14.6. The molecular formula is C52H38N2S. The third kappa shape index (κ3) is 5.03. The van der Waals surface area contributed by atoms with Gasteiger partial charge in [0.2, 0.25) is 0 Å². The molecule has 0 atom stereocenters. The summed E-state index contributed by atoms with van der Waals surface area (Å²) in [6.45, 7) is 4.77. The predicted molar refractivity (Wildman–Crippen MR) is 233 cm³/mol. The molecular weight excluding hydrogens is 685 g/mol. The third-order valence-electron chi connectivity index (χ3n) is 11.8. The van der Waals surface area contributed by atoms with Crippen LogP contribution >= 0.6 is 11.8 Å². The molecule has 2 aliphatic heterocycles. The average molecular weight is 723 g/mol. The summed E-state index contributed by atoms with van der Waals surface area (Å²) in [6.07, 6.45) is 5.54. The van der Waals surface area contributed by atoms with E-state index in [-0.39, 0.29) is 5.41 Å². The van der Waals surface area contributed by atoms with Crippen LogP contribution in [-0.4, -0.2) is 0 Å². The molecule has 0 aromatic heterocycles. The minimum atomic E-state index is -0.146. The molecule has 0 spiro atoms. The van der Waals surface area contributed by atoms with Gasteiger partial charge < -0.3 is 9.80 Å². The third-order valence-corrected chi connectivity index (χ3v) is 13.0. The maximum Gasteiger partial charge on any atom is 0.0601 e. The second-order valence-electron chi connectivity index (χ2n) is 15.4. The summed E-state index contributed by atoms with van der Waals surface area (Å²) in [7, 11) is 0. The molecule has 262 valence electrons. The Labute approximate surface area is 327 Å². The molecule has 3 aliphatic rings. The Morgan fingerprint density at radius 2 is 1.04 bits per heavy atom. The van der Waals surface area contributed by atoms with Crippen LogP contribution < -0.4 is 9.80 Å². The molecule has 2 heterocycles. The zero-order valence-electron chi connectivity index (χ0n) is 30.8. The van der Waals surface area contributed by atoms with Gasteiger partial charge in [-0.3, -0.25) is 0 Å². The molecule has 0 N–H and O–H groups in total. The Balaban J connectivity index is 0.948. The largest absolute Gasteiger partial charge is 0.310 e. The van der Waals surface area contributed by atoms with Gasteiger partial charge in [-0.1, -0.05) is 153 Å². The summed E-state index contributed by atoms with van der Waals surface area (Å²) >= 11 is 1.85. The smallest absolute Gasteiger partial charge is 0.0601 e. The van der Waals surface area contributed by atoms with E-state index in [0.29, 0.717) is 0 Å². The van der Waals surface area contributed by atoms with Crippen LogP contribution in [0.4, 0.5) is 34.1 Å². The summed E-state index contributed by atoms with van der Waals surface area (Å²) in [4.78, 5) is 7.44. The lowest BCUT2D eigenvalue weighted by Crippen LogP contribution is -2.20. The highest BCUT2D eigenvalue weighted by Gasteiger charge is 2.37. The molecule has 0 unspecified atom stereocenters. The summed E-state index contributed by atoms with van der Waals surface area (Å²) in [6, 6.07) is 62.7. The van der Waals surface area contributed by atoms with Crippen molar-refractivity contribution in [2.75, 3.05) is 9.80 Å². The molecule has 0 amide bonds. The van der Waals surface area contributed by atoms with E-state index in [2.05, 4.69) is 206 Å². The number of nitrogens with zero attached hydrogens (tertiary/aromatic N) is 2. The van der Waals surface area contributed by atoms with Crippen molar-refractivity contribution in [1.82, 2.24) is 0 Å². The molecule has 55 heavy (non-hydrogen) atoms. The average Bonchev–Trinajstić information content (AvgIpc) is 3.45. The molecule has 8 aromatic carbocycles. The van der Waals surface area contributed by atoms with Gasteiger partial charge in [-0.25, -0.2) is 0 Å². The quantitative estimate of drug-likeness (QED) is 0.167. The van der Waals surface area contributed by atoms with E-state index >= 15 is 0 Å². The summed E-state index contributed by atoms with van der Waals surface area (Å²) < 4.78 is 0. The molecule has 11 rings (SSSR count). The molecule has 1 aliphatic carbocycles. The summed E-state index contributed by atoms with van der Waals surface area (Å²) in [5, 5.41) is 2.48. The van der Waals surface area contributed by atoms with Crippen LogP contribution in [-0.2, 0) is 11.8 Å². The van der Waals surface area contributed by atoms with E-state index < -0.39 is 0 Å². The number of rotatable bonds is 4. The van der Waals surface area contributed by atoms with Crippen LogP contribution in [0.15, 0.2) is 180 Å². The van der Waals surface area contributed by atoms with Crippen molar-refractivity contribution in [1.29, 1.82) is 0 Å². The van der Waals surface area contributed by atoms with Crippen LogP contribution in [0.25, 0.3) is 34.1 Å². The Morgan fingerprint density at radius 1 is 0.473 bits per heavy atom. The lowest BCUT2D eigenvalue weighted by molar-refractivity contribution is 0.660. The first kappa shape index (κ1) is 32.2.